The second-order valence-electron chi connectivity index (χ2n) is 7.02. The third-order valence-electron chi connectivity index (χ3n) is 5.47. The Morgan fingerprint density at radius 1 is 1.24 bits per heavy atom. The predicted molar refractivity (Wildman–Crippen MR) is 95.3 cm³/mol. The molecular weight excluding hydrogens is 318 g/mol. The van der Waals surface area contributed by atoms with Gasteiger partial charge in [-0.05, 0) is 19.8 Å². The maximum Gasteiger partial charge on any atom is 0.237 e. The minimum Gasteiger partial charge on any atom is -0.353 e. The zero-order valence-electron chi connectivity index (χ0n) is 14.6. The van der Waals surface area contributed by atoms with Crippen LogP contribution in [0, 0.1) is 0 Å². The number of anilines is 1. The van der Waals surface area contributed by atoms with Gasteiger partial charge in [0.05, 0.1) is 17.6 Å². The van der Waals surface area contributed by atoms with E-state index in [0.717, 1.165) is 55.9 Å². The molecule has 25 heavy (non-hydrogen) atoms. The first-order chi connectivity index (χ1) is 12.2. The molecule has 8 nitrogen and oxygen atoms in total. The summed E-state index contributed by atoms with van der Waals surface area (Å²) >= 11 is 0. The van der Waals surface area contributed by atoms with Crippen LogP contribution in [0.4, 0.5) is 5.82 Å². The zero-order valence-corrected chi connectivity index (χ0v) is 14.6. The maximum atomic E-state index is 12.5. The highest BCUT2D eigenvalue weighted by Crippen LogP contribution is 2.23. The van der Waals surface area contributed by atoms with Crippen LogP contribution in [0.3, 0.4) is 0 Å². The van der Waals surface area contributed by atoms with E-state index in [-0.39, 0.29) is 11.9 Å². The van der Waals surface area contributed by atoms with Gasteiger partial charge in [0.25, 0.3) is 0 Å². The SMILES string of the molecule is CC(C(=O)NC1CCCC1)N1CCN(c2ncnc3[nH]ncc23)CC1. The molecule has 2 aliphatic rings. The van der Waals surface area contributed by atoms with E-state index in [2.05, 4.69) is 35.3 Å². The van der Waals surface area contributed by atoms with Crippen molar-refractivity contribution < 1.29 is 4.79 Å². The molecule has 0 spiro atoms. The Balaban J connectivity index is 1.36. The number of nitrogens with zero attached hydrogens (tertiary/aromatic N) is 5. The molecule has 134 valence electrons. The molecule has 2 aromatic rings. The molecule has 8 heteroatoms. The number of H-pyrrole nitrogens is 1. The number of rotatable bonds is 4. The Morgan fingerprint density at radius 2 is 2.00 bits per heavy atom. The second-order valence-corrected chi connectivity index (χ2v) is 7.02. The van der Waals surface area contributed by atoms with E-state index in [1.165, 1.54) is 12.8 Å². The number of fused-ring (bicyclic) bond motifs is 1. The van der Waals surface area contributed by atoms with Crippen molar-refractivity contribution in [3.63, 3.8) is 0 Å². The van der Waals surface area contributed by atoms with E-state index in [4.69, 9.17) is 0 Å². The van der Waals surface area contributed by atoms with Crippen LogP contribution in [-0.4, -0.2) is 69.2 Å². The number of aromatic amines is 1. The molecule has 1 aliphatic heterocycles. The molecule has 0 radical (unpaired) electrons. The van der Waals surface area contributed by atoms with Crippen LogP contribution >= 0.6 is 0 Å². The smallest absolute Gasteiger partial charge is 0.237 e. The fourth-order valence-corrected chi connectivity index (χ4v) is 3.88. The molecule has 2 aromatic heterocycles. The van der Waals surface area contributed by atoms with Gasteiger partial charge in [0.1, 0.15) is 12.1 Å². The lowest BCUT2D eigenvalue weighted by Gasteiger charge is -2.38. The Hall–Kier alpha value is -2.22. The molecule has 0 bridgehead atoms. The number of hydrogen-bond acceptors (Lipinski definition) is 6. The normalized spacial score (nSPS) is 20.9. The summed E-state index contributed by atoms with van der Waals surface area (Å²) in [5.41, 5.74) is 0.761. The average Bonchev–Trinajstić information content (AvgIpc) is 3.32. The molecule has 2 N–H and O–H groups in total. The third-order valence-corrected chi connectivity index (χ3v) is 5.47. The number of carbonyl (C=O) groups is 1. The lowest BCUT2D eigenvalue weighted by atomic mass is 10.2. The van der Waals surface area contributed by atoms with E-state index in [0.29, 0.717) is 6.04 Å². The lowest BCUT2D eigenvalue weighted by Crippen LogP contribution is -2.55. The monoisotopic (exact) mass is 343 g/mol. The van der Waals surface area contributed by atoms with Crippen LogP contribution in [0.25, 0.3) is 11.0 Å². The minimum absolute atomic E-state index is 0.0814. The molecule has 1 amide bonds. The number of aromatic nitrogens is 4. The molecular formula is C17H25N7O. The molecule has 2 fully saturated rings. The van der Waals surface area contributed by atoms with E-state index in [1.807, 2.05) is 6.92 Å². The summed E-state index contributed by atoms with van der Waals surface area (Å²) in [6.45, 7) is 5.40. The van der Waals surface area contributed by atoms with Crippen molar-refractivity contribution in [2.45, 2.75) is 44.7 Å². The van der Waals surface area contributed by atoms with E-state index in [1.54, 1.807) is 12.5 Å². The van der Waals surface area contributed by atoms with Gasteiger partial charge in [-0.25, -0.2) is 9.97 Å². The Morgan fingerprint density at radius 3 is 2.76 bits per heavy atom. The summed E-state index contributed by atoms with van der Waals surface area (Å²) in [7, 11) is 0. The summed E-state index contributed by atoms with van der Waals surface area (Å²) in [6.07, 6.45) is 8.06. The summed E-state index contributed by atoms with van der Waals surface area (Å²) < 4.78 is 0. The summed E-state index contributed by atoms with van der Waals surface area (Å²) in [4.78, 5) is 25.6. The van der Waals surface area contributed by atoms with Gasteiger partial charge in [0, 0.05) is 32.2 Å². The molecule has 1 unspecified atom stereocenters. The number of amides is 1. The fourth-order valence-electron chi connectivity index (χ4n) is 3.88. The van der Waals surface area contributed by atoms with Gasteiger partial charge < -0.3 is 10.2 Å². The lowest BCUT2D eigenvalue weighted by molar-refractivity contribution is -0.126. The van der Waals surface area contributed by atoms with Crippen molar-refractivity contribution in [3.05, 3.63) is 12.5 Å². The van der Waals surface area contributed by atoms with Crippen molar-refractivity contribution in [1.29, 1.82) is 0 Å². The molecule has 1 aliphatic carbocycles. The van der Waals surface area contributed by atoms with Crippen LogP contribution in [-0.2, 0) is 4.79 Å². The molecule has 4 rings (SSSR count). The second kappa shape index (κ2) is 6.95. The molecule has 1 saturated carbocycles. The Kier molecular flexibility index (Phi) is 4.52. The molecule has 3 heterocycles. The van der Waals surface area contributed by atoms with Crippen LogP contribution in [0.1, 0.15) is 32.6 Å². The minimum atomic E-state index is -0.0814. The fraction of sp³-hybridized carbons (Fsp3) is 0.647. The topological polar surface area (TPSA) is 90.0 Å². The summed E-state index contributed by atoms with van der Waals surface area (Å²) in [5, 5.41) is 11.1. The Labute approximate surface area is 147 Å². The quantitative estimate of drug-likeness (QED) is 0.858. The maximum absolute atomic E-state index is 12.5. The van der Waals surface area contributed by atoms with Gasteiger partial charge >= 0.3 is 0 Å². The largest absolute Gasteiger partial charge is 0.353 e. The van der Waals surface area contributed by atoms with Crippen LogP contribution in [0.5, 0.6) is 0 Å². The summed E-state index contributed by atoms with van der Waals surface area (Å²) in [5.74, 6) is 1.08. The highest BCUT2D eigenvalue weighted by atomic mass is 16.2. The summed E-state index contributed by atoms with van der Waals surface area (Å²) in [6, 6.07) is 0.300. The van der Waals surface area contributed by atoms with Gasteiger partial charge in [-0.1, -0.05) is 12.8 Å². The van der Waals surface area contributed by atoms with Gasteiger partial charge in [-0.3, -0.25) is 14.8 Å². The molecule has 0 aromatic carbocycles. The third kappa shape index (κ3) is 3.30. The van der Waals surface area contributed by atoms with Gasteiger partial charge in [-0.2, -0.15) is 5.10 Å². The average molecular weight is 343 g/mol. The van der Waals surface area contributed by atoms with Crippen LogP contribution < -0.4 is 10.2 Å². The van der Waals surface area contributed by atoms with E-state index >= 15 is 0 Å². The van der Waals surface area contributed by atoms with Gasteiger partial charge in [0.15, 0.2) is 5.65 Å². The van der Waals surface area contributed by atoms with Crippen molar-refractivity contribution in [1.82, 2.24) is 30.4 Å². The number of hydrogen-bond donors (Lipinski definition) is 2. The first-order valence-electron chi connectivity index (χ1n) is 9.16. The van der Waals surface area contributed by atoms with Crippen molar-refractivity contribution in [2.24, 2.45) is 0 Å². The van der Waals surface area contributed by atoms with Gasteiger partial charge in [0.2, 0.25) is 5.91 Å². The standard InChI is InChI=1S/C17H25N7O/c1-12(17(25)21-13-4-2-3-5-13)23-6-8-24(9-7-23)16-14-10-20-22-15(14)18-11-19-16/h10-13H,2-9H2,1H3,(H,21,25)(H,18,19,20,22). The van der Waals surface area contributed by atoms with Crippen LogP contribution in [0.15, 0.2) is 12.5 Å². The van der Waals surface area contributed by atoms with E-state index in [9.17, 15) is 4.79 Å². The van der Waals surface area contributed by atoms with Crippen molar-refractivity contribution in [3.8, 4) is 0 Å². The molecule has 1 saturated heterocycles. The van der Waals surface area contributed by atoms with Crippen molar-refractivity contribution >= 4 is 22.8 Å². The predicted octanol–water partition coefficient (Wildman–Crippen LogP) is 0.922. The first kappa shape index (κ1) is 16.3. The number of carbonyl (C=O) groups excluding carboxylic acids is 1. The van der Waals surface area contributed by atoms with Gasteiger partial charge in [-0.15, -0.1) is 0 Å². The zero-order chi connectivity index (χ0) is 17.2. The van der Waals surface area contributed by atoms with Crippen molar-refractivity contribution in [2.75, 3.05) is 31.1 Å². The highest BCUT2D eigenvalue weighted by Gasteiger charge is 2.28. The Bertz CT molecular complexity index is 731. The number of piperazine rings is 1. The first-order valence-corrected chi connectivity index (χ1v) is 9.16. The number of nitrogens with one attached hydrogen (secondary N) is 2. The van der Waals surface area contributed by atoms with Crippen LogP contribution in [0.2, 0.25) is 0 Å². The molecule has 1 atom stereocenters. The van der Waals surface area contributed by atoms with E-state index < -0.39 is 0 Å². The highest BCUT2D eigenvalue weighted by molar-refractivity contribution is 5.86.